The van der Waals surface area contributed by atoms with E-state index in [0.29, 0.717) is 119 Å². The maximum absolute atomic E-state index is 12.3. The van der Waals surface area contributed by atoms with Crippen molar-refractivity contribution in [2.75, 3.05) is 126 Å². The van der Waals surface area contributed by atoms with Crippen LogP contribution in [0.2, 0.25) is 0 Å². The van der Waals surface area contributed by atoms with E-state index in [4.69, 9.17) is 42.6 Å². The number of hydrogen-bond donors (Lipinski definition) is 2. The van der Waals surface area contributed by atoms with Gasteiger partial charge in [-0.3, -0.25) is 4.79 Å². The van der Waals surface area contributed by atoms with E-state index >= 15 is 0 Å². The third-order valence-electron chi connectivity index (χ3n) is 7.43. The van der Waals surface area contributed by atoms with Crippen molar-refractivity contribution in [3.63, 3.8) is 0 Å². The molecular formula is C36H54N2O11. The Balaban J connectivity index is 1.02. The fourth-order valence-electron chi connectivity index (χ4n) is 4.97. The van der Waals surface area contributed by atoms with Crippen LogP contribution < -0.4 is 10.6 Å². The maximum atomic E-state index is 12.3. The summed E-state index contributed by atoms with van der Waals surface area (Å²) < 4.78 is 48.4. The molecule has 13 heteroatoms. The van der Waals surface area contributed by atoms with Gasteiger partial charge in [0, 0.05) is 32.5 Å². The number of carbonyl (C=O) groups is 2. The number of benzene rings is 2. The minimum Gasteiger partial charge on any atom is -0.449 e. The lowest BCUT2D eigenvalue weighted by Gasteiger charge is -2.14. The Labute approximate surface area is 290 Å². The quantitative estimate of drug-likeness (QED) is 0.117. The Bertz CT molecular complexity index is 1120. The second-order valence-corrected chi connectivity index (χ2v) is 11.0. The molecule has 0 heterocycles. The van der Waals surface area contributed by atoms with Crippen molar-refractivity contribution in [1.29, 1.82) is 0 Å². The van der Waals surface area contributed by atoms with Crippen molar-refractivity contribution in [1.82, 2.24) is 10.6 Å². The second-order valence-electron chi connectivity index (χ2n) is 11.0. The zero-order valence-corrected chi connectivity index (χ0v) is 28.8. The number of alkyl carbamates (subject to hydrolysis) is 1. The summed E-state index contributed by atoms with van der Waals surface area (Å²) in [5.74, 6) is -0.0807. The predicted molar refractivity (Wildman–Crippen MR) is 183 cm³/mol. The van der Waals surface area contributed by atoms with Gasteiger partial charge in [0.15, 0.2) is 0 Å². The zero-order valence-electron chi connectivity index (χ0n) is 28.8. The van der Waals surface area contributed by atoms with Crippen molar-refractivity contribution in [2.45, 2.75) is 18.8 Å². The van der Waals surface area contributed by atoms with Crippen molar-refractivity contribution in [3.05, 3.63) is 59.7 Å². The molecule has 0 aromatic heterocycles. The SMILES string of the molecule is COCCOCCOCCOCCOCCOCCOCCOCCC(=O)NCCCNC(=O)OCC1c2ccccc2-c2ccccc21. The number of methoxy groups -OCH3 is 1. The fourth-order valence-corrected chi connectivity index (χ4v) is 4.97. The molecule has 0 spiro atoms. The van der Waals surface area contributed by atoms with Crippen LogP contribution in [0, 0.1) is 0 Å². The highest BCUT2D eigenvalue weighted by atomic mass is 16.6. The normalized spacial score (nSPS) is 12.1. The molecule has 2 aromatic carbocycles. The minimum absolute atomic E-state index is 0.0222. The van der Waals surface area contributed by atoms with Crippen molar-refractivity contribution in [2.24, 2.45) is 0 Å². The summed E-state index contributed by atoms with van der Waals surface area (Å²) in [6, 6.07) is 16.4. The molecule has 0 radical (unpaired) electrons. The van der Waals surface area contributed by atoms with Crippen molar-refractivity contribution >= 4 is 12.0 Å². The number of fused-ring (bicyclic) bond motifs is 3. The molecule has 0 saturated carbocycles. The summed E-state index contributed by atoms with van der Waals surface area (Å²) >= 11 is 0. The second kappa shape index (κ2) is 26.7. The number of rotatable bonds is 30. The molecule has 0 atom stereocenters. The minimum atomic E-state index is -0.462. The summed E-state index contributed by atoms with van der Waals surface area (Å²) in [6.45, 7) is 8.40. The Morgan fingerprint density at radius 3 is 1.43 bits per heavy atom. The highest BCUT2D eigenvalue weighted by Gasteiger charge is 2.28. The molecule has 0 unspecified atom stereocenters. The van der Waals surface area contributed by atoms with Crippen LogP contribution in [-0.2, 0) is 47.4 Å². The fraction of sp³-hybridized carbons (Fsp3) is 0.611. The Morgan fingerprint density at radius 2 is 0.959 bits per heavy atom. The summed E-state index contributed by atoms with van der Waals surface area (Å²) in [4.78, 5) is 24.3. The average Bonchev–Trinajstić information content (AvgIpc) is 3.44. The lowest BCUT2D eigenvalue weighted by atomic mass is 9.98. The van der Waals surface area contributed by atoms with Gasteiger partial charge in [-0.25, -0.2) is 4.79 Å². The van der Waals surface area contributed by atoms with Crippen LogP contribution in [0.15, 0.2) is 48.5 Å². The number of carbonyl (C=O) groups excluding carboxylic acids is 2. The lowest BCUT2D eigenvalue weighted by Crippen LogP contribution is -2.31. The molecule has 1 aliphatic carbocycles. The Kier molecular flexibility index (Phi) is 21.9. The van der Waals surface area contributed by atoms with E-state index in [9.17, 15) is 9.59 Å². The molecule has 3 rings (SSSR count). The monoisotopic (exact) mass is 690 g/mol. The lowest BCUT2D eigenvalue weighted by molar-refractivity contribution is -0.122. The molecule has 0 saturated heterocycles. The standard InChI is InChI=1S/C36H54N2O11/c1-41-15-16-43-19-20-45-23-24-47-27-28-48-26-25-46-22-21-44-18-17-42-14-11-35(39)37-12-6-13-38-36(40)49-29-34-32-9-4-2-7-30(32)31-8-3-5-10-33(31)34/h2-5,7-10,34H,6,11-29H2,1H3,(H,37,39)(H,38,40). The van der Waals surface area contributed by atoms with Crippen LogP contribution in [0.5, 0.6) is 0 Å². The topological polar surface area (TPSA) is 141 Å². The molecule has 0 fully saturated rings. The van der Waals surface area contributed by atoms with Gasteiger partial charge in [0.05, 0.1) is 99.1 Å². The van der Waals surface area contributed by atoms with E-state index in [1.54, 1.807) is 7.11 Å². The molecule has 0 bridgehead atoms. The largest absolute Gasteiger partial charge is 0.449 e. The number of ether oxygens (including phenoxy) is 9. The van der Waals surface area contributed by atoms with Crippen LogP contribution in [0.25, 0.3) is 11.1 Å². The van der Waals surface area contributed by atoms with Crippen LogP contribution in [0.4, 0.5) is 4.79 Å². The van der Waals surface area contributed by atoms with Gasteiger partial charge in [-0.05, 0) is 28.7 Å². The van der Waals surface area contributed by atoms with Crippen molar-refractivity contribution < 1.29 is 52.2 Å². The molecule has 1 aliphatic rings. The van der Waals surface area contributed by atoms with E-state index in [1.165, 1.54) is 22.3 Å². The molecular weight excluding hydrogens is 636 g/mol. The maximum Gasteiger partial charge on any atom is 0.407 e. The van der Waals surface area contributed by atoms with Gasteiger partial charge in [-0.2, -0.15) is 0 Å². The van der Waals surface area contributed by atoms with E-state index in [2.05, 4.69) is 34.9 Å². The zero-order chi connectivity index (χ0) is 34.6. The van der Waals surface area contributed by atoms with Crippen LogP contribution >= 0.6 is 0 Å². The highest BCUT2D eigenvalue weighted by molar-refractivity contribution is 5.79. The van der Waals surface area contributed by atoms with Crippen LogP contribution in [0.1, 0.15) is 29.9 Å². The summed E-state index contributed by atoms with van der Waals surface area (Å²) in [5.41, 5.74) is 4.73. The summed E-state index contributed by atoms with van der Waals surface area (Å²) in [5, 5.41) is 5.59. The van der Waals surface area contributed by atoms with Gasteiger partial charge in [0.1, 0.15) is 6.61 Å². The molecule has 49 heavy (non-hydrogen) atoms. The van der Waals surface area contributed by atoms with Gasteiger partial charge in [0.25, 0.3) is 0 Å². The first-order valence-electron chi connectivity index (χ1n) is 17.1. The number of nitrogens with one attached hydrogen (secondary N) is 2. The summed E-state index contributed by atoms with van der Waals surface area (Å²) in [6.07, 6.45) is 0.389. The van der Waals surface area contributed by atoms with Crippen LogP contribution in [0.3, 0.4) is 0 Å². The van der Waals surface area contributed by atoms with Crippen LogP contribution in [-0.4, -0.2) is 138 Å². The first-order chi connectivity index (χ1) is 24.2. The molecule has 274 valence electrons. The molecule has 0 aliphatic heterocycles. The Morgan fingerprint density at radius 1 is 0.551 bits per heavy atom. The molecule has 2 aromatic rings. The van der Waals surface area contributed by atoms with E-state index in [-0.39, 0.29) is 24.9 Å². The van der Waals surface area contributed by atoms with Gasteiger partial charge in [-0.15, -0.1) is 0 Å². The molecule has 13 nitrogen and oxygen atoms in total. The van der Waals surface area contributed by atoms with Crippen molar-refractivity contribution in [3.8, 4) is 11.1 Å². The molecule has 2 amide bonds. The smallest absolute Gasteiger partial charge is 0.407 e. The highest BCUT2D eigenvalue weighted by Crippen LogP contribution is 2.44. The van der Waals surface area contributed by atoms with Gasteiger partial charge in [-0.1, -0.05) is 48.5 Å². The number of amides is 2. The van der Waals surface area contributed by atoms with Gasteiger partial charge < -0.3 is 53.3 Å². The number of hydrogen-bond acceptors (Lipinski definition) is 11. The molecule has 2 N–H and O–H groups in total. The van der Waals surface area contributed by atoms with E-state index in [1.807, 2.05) is 24.3 Å². The third kappa shape index (κ3) is 17.4. The van der Waals surface area contributed by atoms with Gasteiger partial charge >= 0.3 is 6.09 Å². The first-order valence-corrected chi connectivity index (χ1v) is 17.1. The average molecular weight is 691 g/mol. The van der Waals surface area contributed by atoms with E-state index in [0.717, 1.165) is 0 Å². The first kappa shape index (κ1) is 40.3. The predicted octanol–water partition coefficient (Wildman–Crippen LogP) is 3.18. The van der Waals surface area contributed by atoms with E-state index < -0.39 is 6.09 Å². The summed E-state index contributed by atoms with van der Waals surface area (Å²) in [7, 11) is 1.64. The Hall–Kier alpha value is -3.14. The van der Waals surface area contributed by atoms with Gasteiger partial charge in [0.2, 0.25) is 5.91 Å². The third-order valence-corrected chi connectivity index (χ3v) is 7.43.